The molecule has 1 aliphatic heterocycles. The van der Waals surface area contributed by atoms with Gasteiger partial charge in [-0.1, -0.05) is 19.3 Å². The molecule has 7 nitrogen and oxygen atoms in total. The van der Waals surface area contributed by atoms with Gasteiger partial charge >= 0.3 is 12.0 Å². The predicted molar refractivity (Wildman–Crippen MR) is 75.5 cm³/mol. The molecule has 21 heavy (non-hydrogen) atoms. The molecule has 1 saturated carbocycles. The molecule has 1 unspecified atom stereocenters. The van der Waals surface area contributed by atoms with Gasteiger partial charge in [0.15, 0.2) is 0 Å². The Morgan fingerprint density at radius 1 is 1.19 bits per heavy atom. The number of carbonyl (C=O) groups excluding carboxylic acids is 2. The summed E-state index contributed by atoms with van der Waals surface area (Å²) in [6, 6.07) is -0.935. The SMILES string of the molecule is NC(=O)C1CCCN1C(=O)NC1(CC(=O)O)CCCCC1. The van der Waals surface area contributed by atoms with Crippen molar-refractivity contribution in [3.63, 3.8) is 0 Å². The van der Waals surface area contributed by atoms with Crippen LogP contribution in [0.5, 0.6) is 0 Å². The summed E-state index contributed by atoms with van der Waals surface area (Å²) in [4.78, 5) is 36.4. The number of urea groups is 1. The number of carbonyl (C=O) groups is 3. The molecule has 0 aromatic carbocycles. The van der Waals surface area contributed by atoms with Crippen molar-refractivity contribution in [1.82, 2.24) is 10.2 Å². The number of nitrogens with one attached hydrogen (secondary N) is 1. The third-order valence-electron chi connectivity index (χ3n) is 4.51. The minimum Gasteiger partial charge on any atom is -0.481 e. The van der Waals surface area contributed by atoms with Crippen LogP contribution in [0.3, 0.4) is 0 Å². The average molecular weight is 297 g/mol. The number of rotatable bonds is 4. The highest BCUT2D eigenvalue weighted by Gasteiger charge is 2.40. The van der Waals surface area contributed by atoms with Gasteiger partial charge in [0.25, 0.3) is 0 Å². The molecule has 3 amide bonds. The quantitative estimate of drug-likeness (QED) is 0.713. The van der Waals surface area contributed by atoms with Gasteiger partial charge in [-0.05, 0) is 25.7 Å². The van der Waals surface area contributed by atoms with Crippen LogP contribution in [0.2, 0.25) is 0 Å². The summed E-state index contributed by atoms with van der Waals surface area (Å²) in [5, 5.41) is 12.0. The number of nitrogens with zero attached hydrogens (tertiary/aromatic N) is 1. The van der Waals surface area contributed by atoms with Crippen LogP contribution >= 0.6 is 0 Å². The van der Waals surface area contributed by atoms with Crippen LogP contribution < -0.4 is 11.1 Å². The first kappa shape index (κ1) is 15.6. The van der Waals surface area contributed by atoms with Crippen molar-refractivity contribution < 1.29 is 19.5 Å². The van der Waals surface area contributed by atoms with Crippen molar-refractivity contribution in [2.45, 2.75) is 62.9 Å². The van der Waals surface area contributed by atoms with Crippen molar-refractivity contribution in [2.24, 2.45) is 5.73 Å². The first-order valence-corrected chi connectivity index (χ1v) is 7.53. The third kappa shape index (κ3) is 3.65. The number of amides is 3. The van der Waals surface area contributed by atoms with Crippen LogP contribution in [0.15, 0.2) is 0 Å². The monoisotopic (exact) mass is 297 g/mol. The summed E-state index contributed by atoms with van der Waals surface area (Å²) in [5.74, 6) is -1.41. The smallest absolute Gasteiger partial charge is 0.318 e. The van der Waals surface area contributed by atoms with Gasteiger partial charge in [0, 0.05) is 6.54 Å². The summed E-state index contributed by atoms with van der Waals surface area (Å²) < 4.78 is 0. The van der Waals surface area contributed by atoms with E-state index in [1.165, 1.54) is 4.90 Å². The minimum atomic E-state index is -0.912. The Balaban J connectivity index is 2.07. The second-order valence-corrected chi connectivity index (χ2v) is 6.10. The van der Waals surface area contributed by atoms with E-state index in [1.807, 2.05) is 0 Å². The van der Waals surface area contributed by atoms with Gasteiger partial charge in [-0.15, -0.1) is 0 Å². The molecular formula is C14H23N3O4. The van der Waals surface area contributed by atoms with E-state index >= 15 is 0 Å². The summed E-state index contributed by atoms with van der Waals surface area (Å²) in [6.07, 6.45) is 5.46. The van der Waals surface area contributed by atoms with E-state index in [4.69, 9.17) is 10.8 Å². The Bertz CT molecular complexity index is 432. The molecule has 4 N–H and O–H groups in total. The lowest BCUT2D eigenvalue weighted by Crippen LogP contribution is -2.57. The van der Waals surface area contributed by atoms with Gasteiger partial charge in [-0.3, -0.25) is 9.59 Å². The number of primary amides is 1. The molecular weight excluding hydrogens is 274 g/mol. The fraction of sp³-hybridized carbons (Fsp3) is 0.786. The van der Waals surface area contributed by atoms with Crippen LogP contribution in [0, 0.1) is 0 Å². The Hall–Kier alpha value is -1.79. The molecule has 118 valence electrons. The standard InChI is InChI=1S/C14H23N3O4/c15-12(20)10-5-4-8-17(10)13(21)16-14(9-11(18)19)6-2-1-3-7-14/h10H,1-9H2,(H2,15,20)(H,16,21)(H,18,19). The van der Waals surface area contributed by atoms with Crippen molar-refractivity contribution >= 4 is 17.9 Å². The maximum absolute atomic E-state index is 12.4. The molecule has 1 aliphatic carbocycles. The topological polar surface area (TPSA) is 113 Å². The zero-order valence-electron chi connectivity index (χ0n) is 12.1. The Kier molecular flexibility index (Phi) is 4.69. The van der Waals surface area contributed by atoms with Crippen molar-refractivity contribution in [3.05, 3.63) is 0 Å². The van der Waals surface area contributed by atoms with Gasteiger partial charge in [-0.2, -0.15) is 0 Å². The number of carboxylic acids is 1. The molecule has 2 aliphatic rings. The lowest BCUT2D eigenvalue weighted by molar-refractivity contribution is -0.139. The van der Waals surface area contributed by atoms with Gasteiger partial charge < -0.3 is 21.1 Å². The number of hydrogen-bond donors (Lipinski definition) is 3. The zero-order valence-corrected chi connectivity index (χ0v) is 12.1. The molecule has 0 spiro atoms. The lowest BCUT2D eigenvalue weighted by Gasteiger charge is -2.38. The minimum absolute atomic E-state index is 0.0756. The van der Waals surface area contributed by atoms with E-state index in [1.54, 1.807) is 0 Å². The normalized spacial score (nSPS) is 24.6. The maximum atomic E-state index is 12.4. The summed E-state index contributed by atoms with van der Waals surface area (Å²) in [5.41, 5.74) is 4.63. The van der Waals surface area contributed by atoms with E-state index < -0.39 is 23.5 Å². The van der Waals surface area contributed by atoms with E-state index in [0.717, 1.165) is 25.7 Å². The molecule has 1 atom stereocenters. The largest absolute Gasteiger partial charge is 0.481 e. The van der Waals surface area contributed by atoms with E-state index in [9.17, 15) is 14.4 Å². The lowest BCUT2D eigenvalue weighted by atomic mass is 9.79. The summed E-state index contributed by atoms with van der Waals surface area (Å²) >= 11 is 0. The van der Waals surface area contributed by atoms with Crippen LogP contribution in [0.1, 0.15) is 51.4 Å². The highest BCUT2D eigenvalue weighted by atomic mass is 16.4. The van der Waals surface area contributed by atoms with Crippen molar-refractivity contribution in [2.75, 3.05) is 6.54 Å². The first-order chi connectivity index (χ1) is 9.93. The zero-order chi connectivity index (χ0) is 15.5. The van der Waals surface area contributed by atoms with Crippen LogP contribution in [0.25, 0.3) is 0 Å². The third-order valence-corrected chi connectivity index (χ3v) is 4.51. The maximum Gasteiger partial charge on any atom is 0.318 e. The van der Waals surface area contributed by atoms with Crippen LogP contribution in [-0.4, -0.2) is 46.0 Å². The summed E-state index contributed by atoms with van der Waals surface area (Å²) in [6.45, 7) is 0.489. The van der Waals surface area contributed by atoms with Crippen molar-refractivity contribution in [1.29, 1.82) is 0 Å². The van der Waals surface area contributed by atoms with Gasteiger partial charge in [0.2, 0.25) is 5.91 Å². The molecule has 1 heterocycles. The Morgan fingerprint density at radius 3 is 2.43 bits per heavy atom. The Morgan fingerprint density at radius 2 is 1.86 bits per heavy atom. The van der Waals surface area contributed by atoms with Crippen LogP contribution in [-0.2, 0) is 9.59 Å². The molecule has 1 saturated heterocycles. The van der Waals surface area contributed by atoms with Crippen molar-refractivity contribution in [3.8, 4) is 0 Å². The molecule has 7 heteroatoms. The molecule has 0 aromatic rings. The second kappa shape index (κ2) is 6.32. The highest BCUT2D eigenvalue weighted by molar-refractivity contribution is 5.87. The second-order valence-electron chi connectivity index (χ2n) is 6.10. The number of nitrogens with two attached hydrogens (primary N) is 1. The van der Waals surface area contributed by atoms with E-state index in [2.05, 4.69) is 5.32 Å². The number of aliphatic carboxylic acids is 1. The highest BCUT2D eigenvalue weighted by Crippen LogP contribution is 2.32. The first-order valence-electron chi connectivity index (χ1n) is 7.53. The number of carboxylic acid groups (broad SMARTS) is 1. The number of hydrogen-bond acceptors (Lipinski definition) is 3. The predicted octanol–water partition coefficient (Wildman–Crippen LogP) is 0.823. The molecule has 0 aromatic heterocycles. The molecule has 2 fully saturated rings. The van der Waals surface area contributed by atoms with E-state index in [0.29, 0.717) is 25.8 Å². The average Bonchev–Trinajstić information content (AvgIpc) is 2.87. The molecule has 2 rings (SSSR count). The van der Waals surface area contributed by atoms with Gasteiger partial charge in [-0.25, -0.2) is 4.79 Å². The van der Waals surface area contributed by atoms with Gasteiger partial charge in [0.1, 0.15) is 6.04 Å². The van der Waals surface area contributed by atoms with Gasteiger partial charge in [0.05, 0.1) is 12.0 Å². The van der Waals surface area contributed by atoms with Crippen LogP contribution in [0.4, 0.5) is 4.79 Å². The Labute approximate surface area is 123 Å². The molecule has 0 bridgehead atoms. The molecule has 0 radical (unpaired) electrons. The van der Waals surface area contributed by atoms with E-state index in [-0.39, 0.29) is 12.5 Å². The fourth-order valence-corrected chi connectivity index (χ4v) is 3.47. The fourth-order valence-electron chi connectivity index (χ4n) is 3.47. The number of likely N-dealkylation sites (tertiary alicyclic amines) is 1. The summed E-state index contributed by atoms with van der Waals surface area (Å²) in [7, 11) is 0.